The van der Waals surface area contributed by atoms with Crippen LogP contribution in [0, 0.1) is 5.41 Å². The van der Waals surface area contributed by atoms with Gasteiger partial charge in [-0.05, 0) is 77.6 Å². The van der Waals surface area contributed by atoms with Crippen LogP contribution in [-0.2, 0) is 10.0 Å². The van der Waals surface area contributed by atoms with Crippen molar-refractivity contribution in [2.75, 3.05) is 0 Å². The normalized spacial score (nSPS) is 19.1. The Morgan fingerprint density at radius 1 is 0.875 bits per heavy atom. The molecule has 4 rings (SSSR count). The first-order chi connectivity index (χ1) is 11.4. The number of primary sulfonamides is 1. The number of benzene rings is 2. The fourth-order valence-corrected chi connectivity index (χ4v) is 4.46. The number of halogens is 1. The average Bonchev–Trinajstić information content (AvgIpc) is 3.22. The van der Waals surface area contributed by atoms with Gasteiger partial charge >= 0.3 is 0 Å². The van der Waals surface area contributed by atoms with Gasteiger partial charge in [0.05, 0.1) is 4.90 Å². The van der Waals surface area contributed by atoms with Gasteiger partial charge in [0.15, 0.2) is 0 Å². The maximum Gasteiger partial charge on any atom is 0.238 e. The second-order valence-corrected chi connectivity index (χ2v) is 8.71. The minimum atomic E-state index is -3.66. The Kier molecular flexibility index (Phi) is 3.60. The summed E-state index contributed by atoms with van der Waals surface area (Å²) in [4.78, 5) is 0.155. The number of nitrogens with two attached hydrogens (primary N) is 1. The van der Waals surface area contributed by atoms with Crippen LogP contribution in [0.4, 0.5) is 0 Å². The van der Waals surface area contributed by atoms with E-state index in [4.69, 9.17) is 16.7 Å². The standard InChI is InChI=1S/C19H18ClNO2S/c20-15-5-1-13(2-6-15)17-9-10-19(11-12-19)18(17)14-3-7-16(8-4-14)24(21,22)23/h1-8H,9-12H2,(H2,21,22,23). The summed E-state index contributed by atoms with van der Waals surface area (Å²) in [7, 11) is -3.66. The molecule has 0 radical (unpaired) electrons. The quantitative estimate of drug-likeness (QED) is 0.878. The predicted molar refractivity (Wildman–Crippen MR) is 97.0 cm³/mol. The zero-order chi connectivity index (χ0) is 16.9. The van der Waals surface area contributed by atoms with E-state index in [2.05, 4.69) is 12.1 Å². The van der Waals surface area contributed by atoms with Crippen molar-refractivity contribution in [1.82, 2.24) is 0 Å². The first-order valence-electron chi connectivity index (χ1n) is 8.02. The molecule has 3 nitrogen and oxygen atoms in total. The van der Waals surface area contributed by atoms with Crippen LogP contribution in [0.5, 0.6) is 0 Å². The highest BCUT2D eigenvalue weighted by Crippen LogP contribution is 2.65. The summed E-state index contributed by atoms with van der Waals surface area (Å²) >= 11 is 6.02. The highest BCUT2D eigenvalue weighted by Gasteiger charge is 2.50. The number of hydrogen-bond acceptors (Lipinski definition) is 2. The molecule has 0 bridgehead atoms. The molecule has 1 spiro atoms. The Bertz CT molecular complexity index is 924. The van der Waals surface area contributed by atoms with Crippen molar-refractivity contribution >= 4 is 32.8 Å². The van der Waals surface area contributed by atoms with E-state index >= 15 is 0 Å². The van der Waals surface area contributed by atoms with Crippen LogP contribution < -0.4 is 5.14 Å². The first kappa shape index (κ1) is 15.9. The fraction of sp³-hybridized carbons (Fsp3) is 0.263. The monoisotopic (exact) mass is 359 g/mol. The number of sulfonamides is 1. The maximum atomic E-state index is 11.5. The minimum absolute atomic E-state index is 0.155. The molecule has 2 aromatic carbocycles. The summed E-state index contributed by atoms with van der Waals surface area (Å²) in [6.45, 7) is 0. The lowest BCUT2D eigenvalue weighted by Crippen LogP contribution is -2.12. The van der Waals surface area contributed by atoms with Crippen molar-refractivity contribution in [3.63, 3.8) is 0 Å². The van der Waals surface area contributed by atoms with Crippen molar-refractivity contribution in [2.24, 2.45) is 10.6 Å². The molecule has 0 saturated heterocycles. The van der Waals surface area contributed by atoms with Crippen LogP contribution in [0.15, 0.2) is 53.4 Å². The summed E-state index contributed by atoms with van der Waals surface area (Å²) in [6.07, 6.45) is 4.62. The van der Waals surface area contributed by atoms with Gasteiger partial charge in [-0.25, -0.2) is 13.6 Å². The first-order valence-corrected chi connectivity index (χ1v) is 9.94. The van der Waals surface area contributed by atoms with Gasteiger partial charge < -0.3 is 0 Å². The van der Waals surface area contributed by atoms with E-state index in [1.54, 1.807) is 12.1 Å². The van der Waals surface area contributed by atoms with Gasteiger partial charge in [0.2, 0.25) is 10.0 Å². The molecule has 0 atom stereocenters. The van der Waals surface area contributed by atoms with Crippen molar-refractivity contribution in [3.05, 3.63) is 64.7 Å². The third kappa shape index (κ3) is 2.69. The van der Waals surface area contributed by atoms with Gasteiger partial charge in [-0.1, -0.05) is 35.9 Å². The van der Waals surface area contributed by atoms with E-state index in [1.165, 1.54) is 29.6 Å². The maximum absolute atomic E-state index is 11.5. The van der Waals surface area contributed by atoms with Crippen molar-refractivity contribution in [3.8, 4) is 0 Å². The van der Waals surface area contributed by atoms with Crippen LogP contribution in [0.1, 0.15) is 36.8 Å². The van der Waals surface area contributed by atoms with E-state index < -0.39 is 10.0 Å². The van der Waals surface area contributed by atoms with Gasteiger partial charge in [0, 0.05) is 5.02 Å². The molecule has 1 saturated carbocycles. The lowest BCUT2D eigenvalue weighted by molar-refractivity contribution is 0.598. The molecule has 1 fully saturated rings. The zero-order valence-corrected chi connectivity index (χ0v) is 14.7. The molecule has 2 N–H and O–H groups in total. The van der Waals surface area contributed by atoms with Gasteiger partial charge in [-0.15, -0.1) is 0 Å². The molecule has 0 unspecified atom stereocenters. The Hall–Kier alpha value is -1.62. The topological polar surface area (TPSA) is 60.2 Å². The summed E-state index contributed by atoms with van der Waals surface area (Å²) < 4.78 is 23.0. The molecule has 0 amide bonds. The molecule has 2 aliphatic rings. The molecule has 2 aromatic rings. The lowest BCUT2D eigenvalue weighted by atomic mass is 9.89. The molecule has 2 aliphatic carbocycles. The minimum Gasteiger partial charge on any atom is -0.225 e. The van der Waals surface area contributed by atoms with Crippen LogP contribution in [0.25, 0.3) is 11.1 Å². The smallest absolute Gasteiger partial charge is 0.225 e. The Balaban J connectivity index is 1.82. The van der Waals surface area contributed by atoms with E-state index in [1.807, 2.05) is 24.3 Å². The molecule has 0 heterocycles. The van der Waals surface area contributed by atoms with E-state index in [0.717, 1.165) is 23.4 Å². The van der Waals surface area contributed by atoms with Crippen molar-refractivity contribution in [2.45, 2.75) is 30.6 Å². The van der Waals surface area contributed by atoms with Crippen LogP contribution >= 0.6 is 11.6 Å². The molecule has 5 heteroatoms. The van der Waals surface area contributed by atoms with Gasteiger partial charge in [0.25, 0.3) is 0 Å². The second-order valence-electron chi connectivity index (χ2n) is 6.71. The van der Waals surface area contributed by atoms with E-state index in [-0.39, 0.29) is 10.3 Å². The van der Waals surface area contributed by atoms with Crippen LogP contribution in [0.2, 0.25) is 5.02 Å². The van der Waals surface area contributed by atoms with Gasteiger partial charge in [-0.2, -0.15) is 0 Å². The molecule has 0 aromatic heterocycles. The molecule has 0 aliphatic heterocycles. The third-order valence-electron chi connectivity index (χ3n) is 5.20. The number of allylic oxidation sites excluding steroid dienone is 2. The average molecular weight is 360 g/mol. The van der Waals surface area contributed by atoms with Gasteiger partial charge in [0.1, 0.15) is 0 Å². The van der Waals surface area contributed by atoms with Crippen molar-refractivity contribution < 1.29 is 8.42 Å². The molecular weight excluding hydrogens is 342 g/mol. The summed E-state index contributed by atoms with van der Waals surface area (Å²) in [6, 6.07) is 15.0. The fourth-order valence-electron chi connectivity index (χ4n) is 3.82. The molecule has 124 valence electrons. The zero-order valence-electron chi connectivity index (χ0n) is 13.1. The van der Waals surface area contributed by atoms with E-state index in [9.17, 15) is 8.42 Å². The predicted octanol–water partition coefficient (Wildman–Crippen LogP) is 4.47. The van der Waals surface area contributed by atoms with Crippen LogP contribution in [-0.4, -0.2) is 8.42 Å². The molecular formula is C19H18ClNO2S. The number of rotatable bonds is 3. The third-order valence-corrected chi connectivity index (χ3v) is 6.38. The summed E-state index contributed by atoms with van der Waals surface area (Å²) in [5.74, 6) is 0. The SMILES string of the molecule is NS(=O)(=O)c1ccc(C2=C(c3ccc(Cl)cc3)CCC23CC3)cc1. The Labute approximate surface area is 147 Å². The molecule has 24 heavy (non-hydrogen) atoms. The Morgan fingerprint density at radius 3 is 2.00 bits per heavy atom. The van der Waals surface area contributed by atoms with Gasteiger partial charge in [-0.3, -0.25) is 0 Å². The lowest BCUT2D eigenvalue weighted by Gasteiger charge is -2.15. The largest absolute Gasteiger partial charge is 0.238 e. The number of hydrogen-bond donors (Lipinski definition) is 1. The Morgan fingerprint density at radius 2 is 1.46 bits per heavy atom. The van der Waals surface area contributed by atoms with Crippen LogP contribution in [0.3, 0.4) is 0 Å². The van der Waals surface area contributed by atoms with E-state index in [0.29, 0.717) is 0 Å². The highest BCUT2D eigenvalue weighted by atomic mass is 35.5. The highest BCUT2D eigenvalue weighted by molar-refractivity contribution is 7.89. The summed E-state index contributed by atoms with van der Waals surface area (Å²) in [5.41, 5.74) is 5.30. The second kappa shape index (κ2) is 5.45. The van der Waals surface area contributed by atoms with Crippen molar-refractivity contribution in [1.29, 1.82) is 0 Å². The summed E-state index contributed by atoms with van der Waals surface area (Å²) in [5, 5.41) is 5.94.